The molecule has 0 unspecified atom stereocenters. The minimum Gasteiger partial charge on any atom is -0.351 e. The van der Waals surface area contributed by atoms with E-state index < -0.39 is 0 Å². The molecule has 0 saturated heterocycles. The molecule has 0 aliphatic heterocycles. The van der Waals surface area contributed by atoms with Gasteiger partial charge in [0.25, 0.3) is 0 Å². The zero-order valence-corrected chi connectivity index (χ0v) is 9.33. The van der Waals surface area contributed by atoms with Crippen LogP contribution in [0.25, 0.3) is 10.8 Å². The van der Waals surface area contributed by atoms with Crippen molar-refractivity contribution in [1.29, 1.82) is 0 Å². The number of aromatic nitrogens is 2. The molecule has 0 atom stereocenters. The first-order valence-electron chi connectivity index (χ1n) is 5.37. The fourth-order valence-corrected chi connectivity index (χ4v) is 1.79. The molecule has 1 aromatic heterocycles. The summed E-state index contributed by atoms with van der Waals surface area (Å²) < 4.78 is 4.59. The second-order valence-electron chi connectivity index (χ2n) is 3.85. The largest absolute Gasteiger partial charge is 0.351 e. The van der Waals surface area contributed by atoms with E-state index in [-0.39, 0.29) is 17.6 Å². The number of anilines is 1. The molecule has 2 N–H and O–H groups in total. The zero-order chi connectivity index (χ0) is 12.5. The van der Waals surface area contributed by atoms with Gasteiger partial charge in [-0.15, -0.1) is 0 Å². The van der Waals surface area contributed by atoms with Gasteiger partial charge in [-0.1, -0.05) is 41.6 Å². The van der Waals surface area contributed by atoms with E-state index in [1.165, 1.54) is 0 Å². The summed E-state index contributed by atoms with van der Waals surface area (Å²) in [6.07, 6.45) is 0. The van der Waals surface area contributed by atoms with E-state index in [1.807, 2.05) is 30.3 Å². The summed E-state index contributed by atoms with van der Waals surface area (Å²) in [5, 5.41) is 5.57. The van der Waals surface area contributed by atoms with Crippen molar-refractivity contribution in [1.82, 2.24) is 10.1 Å². The first-order valence-corrected chi connectivity index (χ1v) is 5.37. The summed E-state index contributed by atoms with van der Waals surface area (Å²) >= 11 is 0. The molecular weight excluding hydrogens is 230 g/mol. The Balaban J connectivity index is 2.06. The Bertz CT molecular complexity index is 734. The van der Waals surface area contributed by atoms with E-state index in [9.17, 15) is 4.79 Å². The molecular formula is C13H9N3O2. The molecule has 0 aliphatic rings. The summed E-state index contributed by atoms with van der Waals surface area (Å²) in [6.45, 7) is 0. The predicted molar refractivity (Wildman–Crippen MR) is 66.1 cm³/mol. The summed E-state index contributed by atoms with van der Waals surface area (Å²) in [7, 11) is 0. The number of ketones is 1. The number of carbonyl (C=O) groups is 1. The lowest BCUT2D eigenvalue weighted by Gasteiger charge is -2.00. The number of hydrogen-bond donors (Lipinski definition) is 1. The molecule has 2 aromatic carbocycles. The molecule has 0 fully saturated rings. The first kappa shape index (κ1) is 10.5. The van der Waals surface area contributed by atoms with Crippen LogP contribution in [-0.2, 0) is 0 Å². The van der Waals surface area contributed by atoms with Crippen molar-refractivity contribution >= 4 is 22.6 Å². The normalized spacial score (nSPS) is 10.7. The van der Waals surface area contributed by atoms with Gasteiger partial charge in [0.05, 0.1) is 0 Å². The van der Waals surface area contributed by atoms with Gasteiger partial charge in [0, 0.05) is 5.56 Å². The van der Waals surface area contributed by atoms with Crippen LogP contribution in [0.5, 0.6) is 0 Å². The van der Waals surface area contributed by atoms with Crippen LogP contribution in [-0.4, -0.2) is 15.9 Å². The summed E-state index contributed by atoms with van der Waals surface area (Å²) in [6, 6.07) is 13.1. The zero-order valence-electron chi connectivity index (χ0n) is 9.33. The summed E-state index contributed by atoms with van der Waals surface area (Å²) in [5.74, 6) is -0.330. The Hall–Kier alpha value is -2.69. The number of fused-ring (bicyclic) bond motifs is 1. The number of benzene rings is 2. The molecule has 5 heteroatoms. The molecule has 3 rings (SSSR count). The number of nitrogens with two attached hydrogens (primary N) is 1. The van der Waals surface area contributed by atoms with Gasteiger partial charge < -0.3 is 10.3 Å². The molecule has 0 aliphatic carbocycles. The molecule has 5 nitrogen and oxygen atoms in total. The van der Waals surface area contributed by atoms with Gasteiger partial charge >= 0.3 is 6.01 Å². The van der Waals surface area contributed by atoms with Crippen molar-refractivity contribution < 1.29 is 9.32 Å². The summed E-state index contributed by atoms with van der Waals surface area (Å²) in [5.41, 5.74) is 5.80. The van der Waals surface area contributed by atoms with Crippen molar-refractivity contribution in [2.75, 3.05) is 5.73 Å². The van der Waals surface area contributed by atoms with Crippen LogP contribution in [0.4, 0.5) is 6.01 Å². The Kier molecular flexibility index (Phi) is 2.30. The monoisotopic (exact) mass is 239 g/mol. The van der Waals surface area contributed by atoms with Crippen molar-refractivity contribution in [3.63, 3.8) is 0 Å². The number of rotatable bonds is 2. The van der Waals surface area contributed by atoms with E-state index in [2.05, 4.69) is 14.7 Å². The highest BCUT2D eigenvalue weighted by molar-refractivity contribution is 6.08. The third kappa shape index (κ3) is 1.71. The molecule has 0 radical (unpaired) electrons. The van der Waals surface area contributed by atoms with Gasteiger partial charge in [-0.2, -0.15) is 4.98 Å². The fourth-order valence-electron chi connectivity index (χ4n) is 1.79. The van der Waals surface area contributed by atoms with Gasteiger partial charge in [0.15, 0.2) is 0 Å². The lowest BCUT2D eigenvalue weighted by molar-refractivity contribution is 0.102. The number of nitrogens with zero attached hydrogens (tertiary/aromatic N) is 2. The van der Waals surface area contributed by atoms with Crippen LogP contribution < -0.4 is 5.73 Å². The van der Waals surface area contributed by atoms with Crippen LogP contribution in [0.3, 0.4) is 0 Å². The van der Waals surface area contributed by atoms with Crippen molar-refractivity contribution in [2.24, 2.45) is 0 Å². The first-order chi connectivity index (χ1) is 8.74. The molecule has 88 valence electrons. The highest BCUT2D eigenvalue weighted by atomic mass is 16.5. The Morgan fingerprint density at radius 1 is 1.11 bits per heavy atom. The maximum atomic E-state index is 12.1. The quantitative estimate of drug-likeness (QED) is 0.692. The average molecular weight is 239 g/mol. The molecule has 1 heterocycles. The molecule has 18 heavy (non-hydrogen) atoms. The Morgan fingerprint density at radius 3 is 2.61 bits per heavy atom. The highest BCUT2D eigenvalue weighted by Crippen LogP contribution is 2.17. The minimum absolute atomic E-state index is 0.0252. The Morgan fingerprint density at radius 2 is 1.89 bits per heavy atom. The number of carbonyl (C=O) groups excluding carboxylic acids is 1. The van der Waals surface area contributed by atoms with Crippen LogP contribution in [0.15, 0.2) is 47.0 Å². The second kappa shape index (κ2) is 3.96. The van der Waals surface area contributed by atoms with Gasteiger partial charge in [0.1, 0.15) is 0 Å². The van der Waals surface area contributed by atoms with Crippen LogP contribution in [0.1, 0.15) is 16.2 Å². The van der Waals surface area contributed by atoms with Crippen molar-refractivity contribution in [2.45, 2.75) is 0 Å². The lowest BCUT2D eigenvalue weighted by atomic mass is 10.0. The molecule has 0 saturated carbocycles. The smallest absolute Gasteiger partial charge is 0.319 e. The van der Waals surface area contributed by atoms with E-state index in [0.29, 0.717) is 5.56 Å². The number of hydrogen-bond acceptors (Lipinski definition) is 5. The molecule has 3 aromatic rings. The molecule has 0 bridgehead atoms. The van der Waals surface area contributed by atoms with Gasteiger partial charge in [0.2, 0.25) is 11.6 Å². The van der Waals surface area contributed by atoms with Crippen LogP contribution >= 0.6 is 0 Å². The summed E-state index contributed by atoms with van der Waals surface area (Å²) in [4.78, 5) is 15.8. The van der Waals surface area contributed by atoms with E-state index >= 15 is 0 Å². The Labute approximate surface area is 102 Å². The average Bonchev–Trinajstić information content (AvgIpc) is 2.84. The second-order valence-corrected chi connectivity index (χ2v) is 3.85. The third-order valence-corrected chi connectivity index (χ3v) is 2.66. The van der Waals surface area contributed by atoms with Crippen molar-refractivity contribution in [3.8, 4) is 0 Å². The van der Waals surface area contributed by atoms with E-state index in [4.69, 9.17) is 5.73 Å². The van der Waals surface area contributed by atoms with E-state index in [1.54, 1.807) is 12.1 Å². The lowest BCUT2D eigenvalue weighted by Crippen LogP contribution is -2.03. The maximum absolute atomic E-state index is 12.1. The standard InChI is InChI=1S/C13H9N3O2/c14-13-15-12(16-18-13)11(17)10-6-5-8-3-1-2-4-9(8)7-10/h1-7H,(H2,14,15,16). The highest BCUT2D eigenvalue weighted by Gasteiger charge is 2.15. The third-order valence-electron chi connectivity index (χ3n) is 2.66. The van der Waals surface area contributed by atoms with E-state index in [0.717, 1.165) is 10.8 Å². The van der Waals surface area contributed by atoms with Gasteiger partial charge in [-0.25, -0.2) is 0 Å². The maximum Gasteiger partial charge on any atom is 0.319 e. The van der Waals surface area contributed by atoms with Crippen molar-refractivity contribution in [3.05, 3.63) is 53.9 Å². The fraction of sp³-hybridized carbons (Fsp3) is 0. The minimum atomic E-state index is -0.304. The predicted octanol–water partition coefficient (Wildman–Crippen LogP) is 2.04. The van der Waals surface area contributed by atoms with Gasteiger partial charge in [-0.3, -0.25) is 4.79 Å². The van der Waals surface area contributed by atoms with Crippen LogP contribution in [0.2, 0.25) is 0 Å². The van der Waals surface area contributed by atoms with Gasteiger partial charge in [-0.05, 0) is 16.8 Å². The SMILES string of the molecule is Nc1nc(C(=O)c2ccc3ccccc3c2)no1. The topological polar surface area (TPSA) is 82.0 Å². The van der Waals surface area contributed by atoms with Crippen LogP contribution in [0, 0.1) is 0 Å². The number of nitrogen functional groups attached to an aromatic ring is 1. The molecule has 0 amide bonds. The molecule has 0 spiro atoms.